The highest BCUT2D eigenvalue weighted by molar-refractivity contribution is 5.76. The standard InChI is InChI=1S/C16H26N4O/c1-12-11-13(2)20(18-12)10-7-16(21)17-14-6-9-19-8-4-3-5-15(14)19/h11,14-15H,3-10H2,1-2H3,(H,17,21)/t14-,15-/m0/s1. The van der Waals surface area contributed by atoms with Gasteiger partial charge in [-0.25, -0.2) is 0 Å². The molecule has 0 bridgehead atoms. The Morgan fingerprint density at radius 2 is 2.19 bits per heavy atom. The summed E-state index contributed by atoms with van der Waals surface area (Å²) in [6, 6.07) is 2.99. The number of nitrogens with one attached hydrogen (secondary N) is 1. The first-order valence-electron chi connectivity index (χ1n) is 8.18. The van der Waals surface area contributed by atoms with Crippen LogP contribution in [0.15, 0.2) is 6.07 Å². The van der Waals surface area contributed by atoms with Crippen LogP contribution in [0.1, 0.15) is 43.5 Å². The first-order chi connectivity index (χ1) is 10.1. The molecule has 0 unspecified atom stereocenters. The number of nitrogens with zero attached hydrogens (tertiary/aromatic N) is 3. The van der Waals surface area contributed by atoms with Crippen LogP contribution in [0, 0.1) is 13.8 Å². The van der Waals surface area contributed by atoms with E-state index in [1.165, 1.54) is 25.8 Å². The Morgan fingerprint density at radius 3 is 2.95 bits per heavy atom. The molecular weight excluding hydrogens is 264 g/mol. The van der Waals surface area contributed by atoms with E-state index in [0.29, 0.717) is 25.0 Å². The van der Waals surface area contributed by atoms with Crippen molar-refractivity contribution in [3.8, 4) is 0 Å². The molecule has 1 N–H and O–H groups in total. The zero-order valence-electron chi connectivity index (χ0n) is 13.1. The lowest BCUT2D eigenvalue weighted by molar-refractivity contribution is -0.122. The van der Waals surface area contributed by atoms with Crippen LogP contribution in [-0.4, -0.2) is 45.8 Å². The second kappa shape index (κ2) is 6.18. The molecule has 1 aromatic rings. The van der Waals surface area contributed by atoms with Crippen LogP contribution in [0.4, 0.5) is 0 Å². The fourth-order valence-corrected chi connectivity index (χ4v) is 3.80. The van der Waals surface area contributed by atoms with Crippen LogP contribution in [0.25, 0.3) is 0 Å². The largest absolute Gasteiger partial charge is 0.352 e. The Hall–Kier alpha value is -1.36. The van der Waals surface area contributed by atoms with Gasteiger partial charge in [-0.1, -0.05) is 6.42 Å². The van der Waals surface area contributed by atoms with E-state index in [0.717, 1.165) is 24.4 Å². The quantitative estimate of drug-likeness (QED) is 0.917. The van der Waals surface area contributed by atoms with Crippen molar-refractivity contribution in [1.29, 1.82) is 0 Å². The van der Waals surface area contributed by atoms with E-state index in [1.54, 1.807) is 0 Å². The number of aromatic nitrogens is 2. The van der Waals surface area contributed by atoms with Crippen molar-refractivity contribution >= 4 is 5.91 Å². The van der Waals surface area contributed by atoms with Crippen molar-refractivity contribution in [3.63, 3.8) is 0 Å². The molecule has 0 radical (unpaired) electrons. The Bertz CT molecular complexity index is 510. The van der Waals surface area contributed by atoms with Crippen molar-refractivity contribution in [2.45, 2.75) is 64.6 Å². The molecule has 5 nitrogen and oxygen atoms in total. The summed E-state index contributed by atoms with van der Waals surface area (Å²) in [5.74, 6) is 0.167. The molecule has 116 valence electrons. The number of fused-ring (bicyclic) bond motifs is 1. The van der Waals surface area contributed by atoms with Gasteiger partial charge in [-0.05, 0) is 45.7 Å². The van der Waals surface area contributed by atoms with Gasteiger partial charge in [-0.3, -0.25) is 14.4 Å². The zero-order valence-corrected chi connectivity index (χ0v) is 13.1. The molecule has 0 aromatic carbocycles. The average Bonchev–Trinajstić information content (AvgIpc) is 3.00. The molecule has 21 heavy (non-hydrogen) atoms. The smallest absolute Gasteiger partial charge is 0.222 e. The van der Waals surface area contributed by atoms with Crippen molar-refractivity contribution in [1.82, 2.24) is 20.0 Å². The molecule has 0 aliphatic carbocycles. The van der Waals surface area contributed by atoms with Gasteiger partial charge in [0.05, 0.1) is 5.69 Å². The number of aryl methyl sites for hydroxylation is 3. The van der Waals surface area contributed by atoms with Crippen LogP contribution in [-0.2, 0) is 11.3 Å². The van der Waals surface area contributed by atoms with E-state index in [9.17, 15) is 4.79 Å². The maximum atomic E-state index is 12.2. The number of rotatable bonds is 4. The van der Waals surface area contributed by atoms with Crippen LogP contribution in [0.5, 0.6) is 0 Å². The van der Waals surface area contributed by atoms with Gasteiger partial charge < -0.3 is 5.32 Å². The lowest BCUT2D eigenvalue weighted by atomic mass is 9.99. The van der Waals surface area contributed by atoms with E-state index >= 15 is 0 Å². The molecular formula is C16H26N4O. The first kappa shape index (κ1) is 14.6. The molecule has 2 saturated heterocycles. The van der Waals surface area contributed by atoms with E-state index in [4.69, 9.17) is 0 Å². The molecule has 2 fully saturated rings. The van der Waals surface area contributed by atoms with Crippen molar-refractivity contribution < 1.29 is 4.79 Å². The summed E-state index contributed by atoms with van der Waals surface area (Å²) in [7, 11) is 0. The average molecular weight is 290 g/mol. The first-order valence-corrected chi connectivity index (χ1v) is 8.18. The van der Waals surface area contributed by atoms with Gasteiger partial charge in [0.15, 0.2) is 0 Å². The Labute approximate surface area is 126 Å². The normalized spacial score (nSPS) is 25.8. The van der Waals surface area contributed by atoms with E-state index in [-0.39, 0.29) is 5.91 Å². The monoisotopic (exact) mass is 290 g/mol. The lowest BCUT2D eigenvalue weighted by Gasteiger charge is -2.32. The van der Waals surface area contributed by atoms with Gasteiger partial charge in [-0.15, -0.1) is 0 Å². The van der Waals surface area contributed by atoms with Gasteiger partial charge in [0.2, 0.25) is 5.91 Å². The maximum Gasteiger partial charge on any atom is 0.222 e. The van der Waals surface area contributed by atoms with Gasteiger partial charge in [0.1, 0.15) is 0 Å². The summed E-state index contributed by atoms with van der Waals surface area (Å²) in [6.45, 7) is 7.05. The van der Waals surface area contributed by atoms with E-state index in [1.807, 2.05) is 18.5 Å². The Morgan fingerprint density at radius 1 is 1.33 bits per heavy atom. The van der Waals surface area contributed by atoms with Gasteiger partial charge in [0, 0.05) is 37.3 Å². The minimum atomic E-state index is 0.167. The summed E-state index contributed by atoms with van der Waals surface area (Å²) in [4.78, 5) is 14.7. The molecule has 2 aliphatic rings. The molecule has 1 aromatic heterocycles. The summed E-state index contributed by atoms with van der Waals surface area (Å²) in [6.07, 6.45) is 5.48. The second-order valence-electron chi connectivity index (χ2n) is 6.46. The van der Waals surface area contributed by atoms with Crippen LogP contribution in [0.3, 0.4) is 0 Å². The van der Waals surface area contributed by atoms with Crippen molar-refractivity contribution in [3.05, 3.63) is 17.5 Å². The zero-order chi connectivity index (χ0) is 14.8. The maximum absolute atomic E-state index is 12.2. The van der Waals surface area contributed by atoms with Crippen LogP contribution >= 0.6 is 0 Å². The number of hydrogen-bond acceptors (Lipinski definition) is 3. The summed E-state index contributed by atoms with van der Waals surface area (Å²) < 4.78 is 1.93. The lowest BCUT2D eigenvalue weighted by Crippen LogP contribution is -2.46. The number of carbonyl (C=O) groups excluding carboxylic acids is 1. The van der Waals surface area contributed by atoms with Crippen molar-refractivity contribution in [2.24, 2.45) is 0 Å². The predicted molar refractivity (Wildman–Crippen MR) is 82.1 cm³/mol. The highest BCUT2D eigenvalue weighted by Crippen LogP contribution is 2.27. The Balaban J connectivity index is 1.49. The molecule has 2 aliphatic heterocycles. The third-order valence-corrected chi connectivity index (χ3v) is 4.86. The molecule has 3 heterocycles. The van der Waals surface area contributed by atoms with E-state index in [2.05, 4.69) is 21.4 Å². The number of carbonyl (C=O) groups is 1. The highest BCUT2D eigenvalue weighted by atomic mass is 16.1. The fraction of sp³-hybridized carbons (Fsp3) is 0.750. The summed E-state index contributed by atoms with van der Waals surface area (Å²) >= 11 is 0. The van der Waals surface area contributed by atoms with E-state index < -0.39 is 0 Å². The minimum absolute atomic E-state index is 0.167. The van der Waals surface area contributed by atoms with Crippen LogP contribution < -0.4 is 5.32 Å². The molecule has 5 heteroatoms. The van der Waals surface area contributed by atoms with Crippen molar-refractivity contribution in [2.75, 3.05) is 13.1 Å². The minimum Gasteiger partial charge on any atom is -0.352 e. The third kappa shape index (κ3) is 3.28. The number of hydrogen-bond donors (Lipinski definition) is 1. The molecule has 0 saturated carbocycles. The van der Waals surface area contributed by atoms with Gasteiger partial charge in [0.25, 0.3) is 0 Å². The Kier molecular flexibility index (Phi) is 4.29. The predicted octanol–water partition coefficient (Wildman–Crippen LogP) is 1.63. The van der Waals surface area contributed by atoms with Crippen LogP contribution in [0.2, 0.25) is 0 Å². The van der Waals surface area contributed by atoms with Gasteiger partial charge in [-0.2, -0.15) is 5.10 Å². The second-order valence-corrected chi connectivity index (χ2v) is 6.46. The summed E-state index contributed by atoms with van der Waals surface area (Å²) in [5, 5.41) is 7.66. The van der Waals surface area contributed by atoms with Gasteiger partial charge >= 0.3 is 0 Å². The number of piperidine rings is 1. The molecule has 1 amide bonds. The third-order valence-electron chi connectivity index (χ3n) is 4.86. The molecule has 3 rings (SSSR count). The number of amides is 1. The SMILES string of the molecule is Cc1cc(C)n(CCC(=O)N[C@H]2CCN3CCCC[C@@H]23)n1. The molecule has 0 spiro atoms. The highest BCUT2D eigenvalue weighted by Gasteiger charge is 2.35. The summed E-state index contributed by atoms with van der Waals surface area (Å²) in [5.41, 5.74) is 2.14. The molecule has 2 atom stereocenters. The fourth-order valence-electron chi connectivity index (χ4n) is 3.80. The topological polar surface area (TPSA) is 50.2 Å².